The Morgan fingerprint density at radius 3 is 1.61 bits per heavy atom. The van der Waals surface area contributed by atoms with E-state index in [1.165, 1.54) is 54.8 Å². The summed E-state index contributed by atoms with van der Waals surface area (Å²) < 4.78 is 36.3. The lowest BCUT2D eigenvalue weighted by Gasteiger charge is -2.20. The van der Waals surface area contributed by atoms with Crippen LogP contribution >= 0.6 is 0 Å². The van der Waals surface area contributed by atoms with Crippen LogP contribution in [0.15, 0.2) is 35.2 Å². The Kier molecular flexibility index (Phi) is 12.7. The van der Waals surface area contributed by atoms with Crippen LogP contribution < -0.4 is 0 Å². The molecule has 0 aromatic heterocycles. The number of carbonyl (C=O) groups is 2. The highest BCUT2D eigenvalue weighted by atomic mass is 28.4. The van der Waals surface area contributed by atoms with Crippen LogP contribution in [-0.4, -0.2) is 83.9 Å². The summed E-state index contributed by atoms with van der Waals surface area (Å²) in [5, 5.41) is 8.97. The van der Waals surface area contributed by atoms with Crippen LogP contribution in [0.5, 0.6) is 0 Å². The molecule has 0 saturated carbocycles. The minimum atomic E-state index is -2.98. The van der Waals surface area contributed by atoms with Gasteiger partial charge in [0.1, 0.15) is 6.61 Å². The van der Waals surface area contributed by atoms with Gasteiger partial charge in [0.2, 0.25) is 0 Å². The first-order chi connectivity index (χ1) is 13.3. The van der Waals surface area contributed by atoms with Crippen molar-refractivity contribution in [3.63, 3.8) is 0 Å². The standard InChI is InChI=1S/C16H28O10Si2/c1-20-27(21-2,22-3)11-7-9-14(13-15(17)18)16(19)26-10-8-12-28(23-4,24-5)25-6/h7-8,11-13H,9-10H2,1-6H3,(H,17,18). The summed E-state index contributed by atoms with van der Waals surface area (Å²) in [4.78, 5) is 23.2. The van der Waals surface area contributed by atoms with Crippen molar-refractivity contribution in [3.8, 4) is 0 Å². The number of rotatable bonds is 14. The lowest BCUT2D eigenvalue weighted by Crippen LogP contribution is -2.41. The third kappa shape index (κ3) is 8.58. The number of carboxylic acids is 1. The maximum absolute atomic E-state index is 12.2. The van der Waals surface area contributed by atoms with E-state index in [9.17, 15) is 9.59 Å². The van der Waals surface area contributed by atoms with Gasteiger partial charge in [0.25, 0.3) is 0 Å². The number of allylic oxidation sites excluding steroid dienone is 1. The zero-order chi connectivity index (χ0) is 21.6. The van der Waals surface area contributed by atoms with Gasteiger partial charge in [-0.2, -0.15) is 0 Å². The molecule has 0 aliphatic rings. The molecule has 12 heteroatoms. The molecule has 0 aromatic carbocycles. The predicted molar refractivity (Wildman–Crippen MR) is 103 cm³/mol. The van der Waals surface area contributed by atoms with Crippen LogP contribution in [0.2, 0.25) is 0 Å². The molecule has 10 nitrogen and oxygen atoms in total. The molecule has 0 saturated heterocycles. The van der Waals surface area contributed by atoms with Gasteiger partial charge in [0.15, 0.2) is 0 Å². The lowest BCUT2D eigenvalue weighted by atomic mass is 10.2. The molecule has 0 aliphatic carbocycles. The van der Waals surface area contributed by atoms with Gasteiger partial charge in [-0.15, -0.1) is 0 Å². The summed E-state index contributed by atoms with van der Waals surface area (Å²) in [6.45, 7) is -0.114. The van der Waals surface area contributed by atoms with Crippen LogP contribution in [0.4, 0.5) is 0 Å². The Hall–Kier alpha value is -1.65. The van der Waals surface area contributed by atoms with E-state index in [2.05, 4.69) is 0 Å². The highest BCUT2D eigenvalue weighted by Crippen LogP contribution is 2.12. The van der Waals surface area contributed by atoms with Gasteiger partial charge in [0.05, 0.1) is 0 Å². The van der Waals surface area contributed by atoms with E-state index in [-0.39, 0.29) is 18.6 Å². The van der Waals surface area contributed by atoms with Crippen LogP contribution in [0.1, 0.15) is 6.42 Å². The largest absolute Gasteiger partial charge is 0.528 e. The molecule has 0 heterocycles. The molecule has 0 spiro atoms. The van der Waals surface area contributed by atoms with Gasteiger partial charge in [-0.1, -0.05) is 6.08 Å². The van der Waals surface area contributed by atoms with E-state index < -0.39 is 29.5 Å². The second kappa shape index (κ2) is 13.5. The normalized spacial score (nSPS) is 13.4. The second-order valence-corrected chi connectivity index (χ2v) is 10.6. The monoisotopic (exact) mass is 436 g/mol. The smallest absolute Gasteiger partial charge is 0.478 e. The van der Waals surface area contributed by atoms with Gasteiger partial charge in [0, 0.05) is 54.3 Å². The molecule has 0 aromatic rings. The average molecular weight is 437 g/mol. The fourth-order valence-corrected chi connectivity index (χ4v) is 4.61. The summed E-state index contributed by atoms with van der Waals surface area (Å²) in [6.07, 6.45) is 3.82. The molecule has 0 unspecified atom stereocenters. The number of hydrogen-bond donors (Lipinski definition) is 1. The van der Waals surface area contributed by atoms with Crippen molar-refractivity contribution < 1.29 is 46.0 Å². The van der Waals surface area contributed by atoms with Crippen LogP contribution in [0, 0.1) is 0 Å². The highest BCUT2D eigenvalue weighted by molar-refractivity contribution is 6.66. The van der Waals surface area contributed by atoms with E-state index >= 15 is 0 Å². The maximum atomic E-state index is 12.2. The quantitative estimate of drug-likeness (QED) is 0.239. The third-order valence-corrected chi connectivity index (χ3v) is 8.26. The molecule has 0 bridgehead atoms. The Morgan fingerprint density at radius 2 is 1.21 bits per heavy atom. The molecule has 0 amide bonds. The van der Waals surface area contributed by atoms with E-state index in [1.807, 2.05) is 0 Å². The zero-order valence-corrected chi connectivity index (χ0v) is 18.9. The summed E-state index contributed by atoms with van der Waals surface area (Å²) >= 11 is 0. The Morgan fingerprint density at radius 1 is 0.786 bits per heavy atom. The first-order valence-corrected chi connectivity index (χ1v) is 11.6. The van der Waals surface area contributed by atoms with Crippen molar-refractivity contribution >= 4 is 29.5 Å². The summed E-state index contributed by atoms with van der Waals surface area (Å²) in [7, 11) is 2.72. The average Bonchev–Trinajstić information content (AvgIpc) is 2.71. The van der Waals surface area contributed by atoms with Crippen molar-refractivity contribution in [1.82, 2.24) is 0 Å². The summed E-state index contributed by atoms with van der Waals surface area (Å²) in [5.74, 6) is -2.05. The van der Waals surface area contributed by atoms with E-state index in [4.69, 9.17) is 36.4 Å². The zero-order valence-electron chi connectivity index (χ0n) is 16.9. The van der Waals surface area contributed by atoms with Crippen LogP contribution in [0.3, 0.4) is 0 Å². The summed E-state index contributed by atoms with van der Waals surface area (Å²) in [5.41, 5.74) is 3.04. The van der Waals surface area contributed by atoms with Crippen molar-refractivity contribution in [2.24, 2.45) is 0 Å². The van der Waals surface area contributed by atoms with Crippen molar-refractivity contribution in [3.05, 3.63) is 35.2 Å². The maximum Gasteiger partial charge on any atom is 0.528 e. The van der Waals surface area contributed by atoms with Gasteiger partial charge < -0.3 is 36.4 Å². The van der Waals surface area contributed by atoms with Crippen LogP contribution in [0.25, 0.3) is 0 Å². The molecule has 0 atom stereocenters. The van der Waals surface area contributed by atoms with Crippen molar-refractivity contribution in [1.29, 1.82) is 0 Å². The van der Waals surface area contributed by atoms with E-state index in [0.29, 0.717) is 0 Å². The molecule has 0 rings (SSSR count). The van der Waals surface area contributed by atoms with Gasteiger partial charge in [-0.05, 0) is 23.9 Å². The minimum absolute atomic E-state index is 0.00736. The lowest BCUT2D eigenvalue weighted by molar-refractivity contribution is -0.139. The van der Waals surface area contributed by atoms with Crippen molar-refractivity contribution in [2.75, 3.05) is 49.3 Å². The fourth-order valence-electron chi connectivity index (χ4n) is 2.00. The number of ether oxygens (including phenoxy) is 1. The van der Waals surface area contributed by atoms with Gasteiger partial charge >= 0.3 is 29.5 Å². The topological polar surface area (TPSA) is 119 Å². The predicted octanol–water partition coefficient (Wildman–Crippen LogP) is 0.878. The van der Waals surface area contributed by atoms with E-state index in [1.54, 1.807) is 11.4 Å². The first-order valence-electron chi connectivity index (χ1n) is 8.04. The highest BCUT2D eigenvalue weighted by Gasteiger charge is 2.35. The molecule has 160 valence electrons. The Bertz CT molecular complexity index is 563. The first kappa shape index (κ1) is 26.4. The molecule has 0 radical (unpaired) electrons. The number of carboxylic acid groups (broad SMARTS) is 1. The molecule has 0 aliphatic heterocycles. The second-order valence-electron chi connectivity index (χ2n) is 5.05. The van der Waals surface area contributed by atoms with Gasteiger partial charge in [-0.3, -0.25) is 0 Å². The minimum Gasteiger partial charge on any atom is -0.478 e. The molecular weight excluding hydrogens is 408 g/mol. The number of carbonyl (C=O) groups excluding carboxylic acids is 1. The number of aliphatic carboxylic acids is 1. The summed E-state index contributed by atoms with van der Waals surface area (Å²) in [6, 6.07) is 0. The Labute approximate surface area is 167 Å². The van der Waals surface area contributed by atoms with Gasteiger partial charge in [-0.25, -0.2) is 9.59 Å². The third-order valence-electron chi connectivity index (χ3n) is 3.56. The number of hydrogen-bond acceptors (Lipinski definition) is 9. The fraction of sp³-hybridized carbons (Fsp3) is 0.500. The Balaban J connectivity index is 5.05. The SMILES string of the molecule is CO[Si](C=CCOC(=O)C(=CC(=O)O)CC=C[Si](OC)(OC)OC)(OC)OC. The molecular formula is C16H28O10Si2. The molecule has 0 fully saturated rings. The van der Waals surface area contributed by atoms with Crippen LogP contribution in [-0.2, 0) is 40.9 Å². The van der Waals surface area contributed by atoms with Crippen molar-refractivity contribution in [2.45, 2.75) is 6.42 Å². The van der Waals surface area contributed by atoms with E-state index in [0.717, 1.165) is 6.08 Å². The molecule has 1 N–H and O–H groups in total. The number of esters is 1. The molecule has 28 heavy (non-hydrogen) atoms.